The first-order valence-corrected chi connectivity index (χ1v) is 3.22. The minimum atomic E-state index is -0.950. The summed E-state index contributed by atoms with van der Waals surface area (Å²) in [6.07, 6.45) is 0. The van der Waals surface area contributed by atoms with Crippen molar-refractivity contribution >= 4 is 0 Å². The molecule has 0 aromatic heterocycles. The third-order valence-electron chi connectivity index (χ3n) is 1.30. The van der Waals surface area contributed by atoms with Crippen LogP contribution in [-0.4, -0.2) is 12.5 Å². The van der Waals surface area contributed by atoms with Crippen molar-refractivity contribution in [1.29, 1.82) is 0 Å². The Morgan fingerprint density at radius 2 is 1.89 bits per heavy atom. The monoisotopic (exact) mass is 132 g/mol. The lowest BCUT2D eigenvalue weighted by atomic mass is 10.1. The molecule has 0 atom stereocenters. The number of nitrogens with two attached hydrogens (primary N) is 2. The molecule has 4 N–H and O–H groups in total. The van der Waals surface area contributed by atoms with Gasteiger partial charge in [-0.05, 0) is 6.92 Å². The van der Waals surface area contributed by atoms with Crippen LogP contribution >= 0.6 is 0 Å². The van der Waals surface area contributed by atoms with Gasteiger partial charge in [0.2, 0.25) is 0 Å². The van der Waals surface area contributed by atoms with Crippen LogP contribution in [0.4, 0.5) is 0 Å². The first-order chi connectivity index (χ1) is 4.00. The fourth-order valence-electron chi connectivity index (χ4n) is 0.417. The highest BCUT2D eigenvalue weighted by molar-refractivity contribution is 4.67. The molecule has 0 aliphatic rings. The molecular weight excluding hydrogens is 116 g/mol. The van der Waals surface area contributed by atoms with Gasteiger partial charge in [-0.15, -0.1) is 0 Å². The molecular formula is C6H16N2O. The van der Waals surface area contributed by atoms with Crippen LogP contribution in [0.3, 0.4) is 0 Å². The Morgan fingerprint density at radius 3 is 2.00 bits per heavy atom. The van der Waals surface area contributed by atoms with E-state index in [9.17, 15) is 0 Å². The van der Waals surface area contributed by atoms with Gasteiger partial charge in [-0.3, -0.25) is 11.5 Å². The van der Waals surface area contributed by atoms with Crippen LogP contribution in [0.15, 0.2) is 0 Å². The Labute approximate surface area is 56.4 Å². The van der Waals surface area contributed by atoms with Crippen molar-refractivity contribution in [1.82, 2.24) is 0 Å². The number of ether oxygens (including phenoxy) is 1. The summed E-state index contributed by atoms with van der Waals surface area (Å²) in [5.41, 5.74) is 11.1. The van der Waals surface area contributed by atoms with Gasteiger partial charge in [0, 0.05) is 12.5 Å². The van der Waals surface area contributed by atoms with Crippen molar-refractivity contribution in [3.63, 3.8) is 0 Å². The molecule has 0 amide bonds. The zero-order valence-electron chi connectivity index (χ0n) is 6.35. The minimum Gasteiger partial charge on any atom is -0.348 e. The zero-order chi connectivity index (χ0) is 7.49. The second-order valence-corrected chi connectivity index (χ2v) is 2.44. The van der Waals surface area contributed by atoms with Crippen molar-refractivity contribution in [2.45, 2.75) is 26.6 Å². The Balaban J connectivity index is 3.70. The molecule has 0 rings (SSSR count). The number of hydrogen-bond donors (Lipinski definition) is 2. The molecule has 0 aromatic rings. The fourth-order valence-corrected chi connectivity index (χ4v) is 0.417. The van der Waals surface area contributed by atoms with Crippen molar-refractivity contribution in [3.05, 3.63) is 0 Å². The number of hydrogen-bond acceptors (Lipinski definition) is 3. The molecule has 0 radical (unpaired) electrons. The third-order valence-corrected chi connectivity index (χ3v) is 1.30. The van der Waals surface area contributed by atoms with Crippen molar-refractivity contribution < 1.29 is 4.74 Å². The molecule has 0 aromatic carbocycles. The normalized spacial score (nSPS) is 12.7. The van der Waals surface area contributed by atoms with Gasteiger partial charge in [0.1, 0.15) is 0 Å². The van der Waals surface area contributed by atoms with Crippen molar-refractivity contribution in [3.8, 4) is 0 Å². The molecule has 9 heavy (non-hydrogen) atoms. The molecule has 0 heterocycles. The molecule has 0 saturated heterocycles. The summed E-state index contributed by atoms with van der Waals surface area (Å²) < 4.78 is 5.05. The SMILES string of the molecule is CCOC(N)(N)C(C)C. The topological polar surface area (TPSA) is 61.3 Å². The van der Waals surface area contributed by atoms with Crippen molar-refractivity contribution in [2.75, 3.05) is 6.61 Å². The molecule has 3 nitrogen and oxygen atoms in total. The molecule has 0 bridgehead atoms. The van der Waals surface area contributed by atoms with E-state index in [1.165, 1.54) is 0 Å². The molecule has 0 fully saturated rings. The highest BCUT2D eigenvalue weighted by Gasteiger charge is 2.22. The Kier molecular flexibility index (Phi) is 3.11. The lowest BCUT2D eigenvalue weighted by molar-refractivity contribution is -0.0637. The van der Waals surface area contributed by atoms with E-state index in [1.807, 2.05) is 20.8 Å². The van der Waals surface area contributed by atoms with Crippen LogP contribution in [-0.2, 0) is 4.74 Å². The highest BCUT2D eigenvalue weighted by Crippen LogP contribution is 2.07. The molecule has 0 aliphatic heterocycles. The predicted molar refractivity (Wildman–Crippen MR) is 37.6 cm³/mol. The second-order valence-electron chi connectivity index (χ2n) is 2.44. The first-order valence-electron chi connectivity index (χ1n) is 3.22. The van der Waals surface area contributed by atoms with Gasteiger partial charge in [0.25, 0.3) is 0 Å². The highest BCUT2D eigenvalue weighted by atomic mass is 16.5. The largest absolute Gasteiger partial charge is 0.348 e. The van der Waals surface area contributed by atoms with Gasteiger partial charge < -0.3 is 4.74 Å². The molecule has 56 valence electrons. The maximum Gasteiger partial charge on any atom is 0.171 e. The number of rotatable bonds is 3. The van der Waals surface area contributed by atoms with E-state index in [4.69, 9.17) is 16.2 Å². The standard InChI is InChI=1S/C6H16N2O/c1-4-9-6(7,8)5(2)3/h5H,4,7-8H2,1-3H3. The molecule has 0 aliphatic carbocycles. The average Bonchev–Trinajstić information content (AvgIpc) is 1.65. The Hall–Kier alpha value is -0.120. The van der Waals surface area contributed by atoms with E-state index in [-0.39, 0.29) is 5.92 Å². The lowest BCUT2D eigenvalue weighted by Gasteiger charge is -2.27. The molecule has 0 spiro atoms. The van der Waals surface area contributed by atoms with E-state index in [0.29, 0.717) is 6.61 Å². The maximum atomic E-state index is 5.53. The maximum absolute atomic E-state index is 5.53. The Bertz CT molecular complexity index is 81.1. The van der Waals surface area contributed by atoms with Gasteiger partial charge in [-0.2, -0.15) is 0 Å². The summed E-state index contributed by atoms with van der Waals surface area (Å²) >= 11 is 0. The van der Waals surface area contributed by atoms with Crippen LogP contribution in [0, 0.1) is 5.92 Å². The summed E-state index contributed by atoms with van der Waals surface area (Å²) in [5.74, 6) is -0.799. The zero-order valence-corrected chi connectivity index (χ0v) is 6.35. The van der Waals surface area contributed by atoms with Crippen LogP contribution in [0.25, 0.3) is 0 Å². The van der Waals surface area contributed by atoms with Crippen LogP contribution in [0.5, 0.6) is 0 Å². The van der Waals surface area contributed by atoms with Crippen LogP contribution < -0.4 is 11.5 Å². The molecule has 3 heteroatoms. The Morgan fingerprint density at radius 1 is 1.44 bits per heavy atom. The van der Waals surface area contributed by atoms with E-state index in [1.54, 1.807) is 0 Å². The van der Waals surface area contributed by atoms with Gasteiger partial charge in [0.05, 0.1) is 0 Å². The van der Waals surface area contributed by atoms with E-state index in [0.717, 1.165) is 0 Å². The van der Waals surface area contributed by atoms with Gasteiger partial charge in [-0.25, -0.2) is 0 Å². The van der Waals surface area contributed by atoms with Crippen molar-refractivity contribution in [2.24, 2.45) is 17.4 Å². The smallest absolute Gasteiger partial charge is 0.171 e. The minimum absolute atomic E-state index is 0.150. The van der Waals surface area contributed by atoms with Crippen LogP contribution in [0.2, 0.25) is 0 Å². The molecule has 0 unspecified atom stereocenters. The third kappa shape index (κ3) is 2.79. The van der Waals surface area contributed by atoms with Gasteiger partial charge >= 0.3 is 0 Å². The summed E-state index contributed by atoms with van der Waals surface area (Å²) in [6, 6.07) is 0. The van der Waals surface area contributed by atoms with E-state index < -0.39 is 5.85 Å². The summed E-state index contributed by atoms with van der Waals surface area (Å²) in [6.45, 7) is 6.29. The van der Waals surface area contributed by atoms with E-state index >= 15 is 0 Å². The summed E-state index contributed by atoms with van der Waals surface area (Å²) in [4.78, 5) is 0. The predicted octanol–water partition coefficient (Wildman–Crippen LogP) is 0.250. The average molecular weight is 132 g/mol. The van der Waals surface area contributed by atoms with E-state index in [2.05, 4.69) is 0 Å². The van der Waals surface area contributed by atoms with Gasteiger partial charge in [0.15, 0.2) is 5.85 Å². The second kappa shape index (κ2) is 3.15. The lowest BCUT2D eigenvalue weighted by Crippen LogP contribution is -2.56. The summed E-state index contributed by atoms with van der Waals surface area (Å²) in [5, 5.41) is 0. The first kappa shape index (κ1) is 8.88. The molecule has 0 saturated carbocycles. The van der Waals surface area contributed by atoms with Gasteiger partial charge in [-0.1, -0.05) is 13.8 Å². The quantitative estimate of drug-likeness (QED) is 0.541. The summed E-state index contributed by atoms with van der Waals surface area (Å²) in [7, 11) is 0. The fraction of sp³-hybridized carbons (Fsp3) is 1.00. The van der Waals surface area contributed by atoms with Crippen LogP contribution in [0.1, 0.15) is 20.8 Å².